The van der Waals surface area contributed by atoms with Crippen molar-refractivity contribution < 1.29 is 0 Å². The van der Waals surface area contributed by atoms with E-state index in [9.17, 15) is 0 Å². The summed E-state index contributed by atoms with van der Waals surface area (Å²) >= 11 is 3.71. The van der Waals surface area contributed by atoms with Crippen molar-refractivity contribution in [2.45, 2.75) is 31.6 Å². The van der Waals surface area contributed by atoms with Gasteiger partial charge in [-0.3, -0.25) is 0 Å². The van der Waals surface area contributed by atoms with E-state index in [2.05, 4.69) is 46.9 Å². The Morgan fingerprint density at radius 3 is 2.81 bits per heavy atom. The molecule has 1 unspecified atom stereocenters. The molecule has 1 saturated heterocycles. The molecule has 1 aliphatic carbocycles. The zero-order valence-corrected chi connectivity index (χ0v) is 11.6. The Bertz CT molecular complexity index is 441. The molecule has 1 spiro atoms. The van der Waals surface area contributed by atoms with Crippen molar-refractivity contribution >= 4 is 15.9 Å². The van der Waals surface area contributed by atoms with Crippen LogP contribution in [-0.2, 0) is 11.8 Å². The summed E-state index contributed by atoms with van der Waals surface area (Å²) in [6, 6.07) is 4.49. The van der Waals surface area contributed by atoms with Gasteiger partial charge < -0.3 is 4.90 Å². The van der Waals surface area contributed by atoms with E-state index in [0.717, 1.165) is 0 Å². The van der Waals surface area contributed by atoms with Crippen molar-refractivity contribution in [3.63, 3.8) is 0 Å². The highest BCUT2D eigenvalue weighted by Crippen LogP contribution is 2.48. The number of benzene rings is 1. The summed E-state index contributed by atoms with van der Waals surface area (Å²) in [4.78, 5) is 2.48. The Kier molecular flexibility index (Phi) is 2.41. The van der Waals surface area contributed by atoms with E-state index in [1.807, 2.05) is 0 Å². The molecule has 1 nitrogen and oxygen atoms in total. The zero-order chi connectivity index (χ0) is 11.3. The first-order valence-electron chi connectivity index (χ1n) is 6.09. The summed E-state index contributed by atoms with van der Waals surface area (Å²) in [6.45, 7) is 4.78. The lowest BCUT2D eigenvalue weighted by atomic mass is 9.79. The normalized spacial score (nSPS) is 28.9. The fourth-order valence-corrected chi connectivity index (χ4v) is 4.23. The number of nitrogens with zero attached hydrogens (tertiary/aromatic N) is 1. The first-order valence-corrected chi connectivity index (χ1v) is 6.89. The van der Waals surface area contributed by atoms with Crippen LogP contribution in [0.5, 0.6) is 0 Å². The second-order valence-corrected chi connectivity index (χ2v) is 6.34. The lowest BCUT2D eigenvalue weighted by Crippen LogP contribution is -2.27. The third-order valence-corrected chi connectivity index (χ3v) is 5.14. The van der Waals surface area contributed by atoms with Crippen LogP contribution in [0.4, 0.5) is 0 Å². The highest BCUT2D eigenvalue weighted by atomic mass is 79.9. The fourth-order valence-electron chi connectivity index (χ4n) is 3.70. The van der Waals surface area contributed by atoms with E-state index in [0.29, 0.717) is 5.41 Å². The predicted octanol–water partition coefficient (Wildman–Crippen LogP) is 3.28. The lowest BCUT2D eigenvalue weighted by molar-refractivity contribution is 0.366. The molecule has 1 aliphatic heterocycles. The van der Waals surface area contributed by atoms with Crippen LogP contribution in [0.1, 0.15) is 29.5 Å². The molecule has 1 fully saturated rings. The monoisotopic (exact) mass is 279 g/mol. The Labute approximate surface area is 106 Å². The molecule has 0 amide bonds. The largest absolute Gasteiger partial charge is 0.305 e. The van der Waals surface area contributed by atoms with Crippen LogP contribution in [0.3, 0.4) is 0 Å². The van der Waals surface area contributed by atoms with Gasteiger partial charge >= 0.3 is 0 Å². The van der Waals surface area contributed by atoms with Gasteiger partial charge in [0.05, 0.1) is 0 Å². The number of likely N-dealkylation sites (N-methyl/N-ethyl adjacent to an activating group) is 1. The molecule has 0 N–H and O–H groups in total. The summed E-state index contributed by atoms with van der Waals surface area (Å²) in [6.07, 6.45) is 3.94. The van der Waals surface area contributed by atoms with Gasteiger partial charge in [0.2, 0.25) is 0 Å². The molecule has 0 saturated carbocycles. The van der Waals surface area contributed by atoms with Crippen LogP contribution in [0.15, 0.2) is 16.6 Å². The highest BCUT2D eigenvalue weighted by molar-refractivity contribution is 9.10. The maximum absolute atomic E-state index is 3.71. The maximum Gasteiger partial charge on any atom is 0.0210 e. The molecular weight excluding hydrogens is 262 g/mol. The molecule has 1 heterocycles. The molecule has 0 radical (unpaired) electrons. The van der Waals surface area contributed by atoms with Gasteiger partial charge in [-0.2, -0.15) is 0 Å². The number of rotatable bonds is 0. The van der Waals surface area contributed by atoms with Crippen LogP contribution in [-0.4, -0.2) is 25.0 Å². The summed E-state index contributed by atoms with van der Waals surface area (Å²) in [5.41, 5.74) is 5.20. The Morgan fingerprint density at radius 2 is 2.12 bits per heavy atom. The average Bonchev–Trinajstić information content (AvgIpc) is 2.80. The van der Waals surface area contributed by atoms with Gasteiger partial charge in [-0.1, -0.05) is 22.0 Å². The van der Waals surface area contributed by atoms with Crippen LogP contribution in [0.25, 0.3) is 0 Å². The third kappa shape index (κ3) is 1.39. The number of hydrogen-bond donors (Lipinski definition) is 0. The minimum absolute atomic E-state index is 0.470. The standard InChI is InChI=1S/C14H18BrN/c1-10-3-4-12(15)11-5-6-14(13(10)11)7-8-16(2)9-14/h3-4H,5-9H2,1-2H3. The van der Waals surface area contributed by atoms with Gasteiger partial charge in [0.15, 0.2) is 0 Å². The average molecular weight is 280 g/mol. The second-order valence-electron chi connectivity index (χ2n) is 5.49. The molecule has 1 aromatic carbocycles. The van der Waals surface area contributed by atoms with Gasteiger partial charge in [-0.05, 0) is 62.5 Å². The Balaban J connectivity index is 2.15. The third-order valence-electron chi connectivity index (χ3n) is 4.39. The number of fused-ring (bicyclic) bond motifs is 2. The van der Waals surface area contributed by atoms with E-state index >= 15 is 0 Å². The number of halogens is 1. The highest BCUT2D eigenvalue weighted by Gasteiger charge is 2.44. The minimum Gasteiger partial charge on any atom is -0.305 e. The van der Waals surface area contributed by atoms with Crippen molar-refractivity contribution in [3.05, 3.63) is 33.3 Å². The van der Waals surface area contributed by atoms with Crippen LogP contribution < -0.4 is 0 Å². The summed E-state index contributed by atoms with van der Waals surface area (Å²) in [5, 5.41) is 0. The first kappa shape index (κ1) is 10.8. The lowest BCUT2D eigenvalue weighted by Gasteiger charge is -2.26. The van der Waals surface area contributed by atoms with E-state index in [1.54, 1.807) is 11.1 Å². The van der Waals surface area contributed by atoms with Crippen molar-refractivity contribution in [1.82, 2.24) is 4.90 Å². The molecule has 3 rings (SSSR count). The van der Waals surface area contributed by atoms with E-state index in [1.165, 1.54) is 42.4 Å². The predicted molar refractivity (Wildman–Crippen MR) is 71.0 cm³/mol. The summed E-state index contributed by atoms with van der Waals surface area (Å²) < 4.78 is 1.32. The number of hydrogen-bond acceptors (Lipinski definition) is 1. The minimum atomic E-state index is 0.470. The zero-order valence-electron chi connectivity index (χ0n) is 10.0. The molecule has 1 atom stereocenters. The smallest absolute Gasteiger partial charge is 0.0210 e. The first-order chi connectivity index (χ1) is 7.62. The van der Waals surface area contributed by atoms with Crippen molar-refractivity contribution in [2.75, 3.05) is 20.1 Å². The number of aryl methyl sites for hydroxylation is 1. The van der Waals surface area contributed by atoms with E-state index < -0.39 is 0 Å². The quantitative estimate of drug-likeness (QED) is 0.705. The molecule has 16 heavy (non-hydrogen) atoms. The SMILES string of the molecule is Cc1ccc(Br)c2c1C1(CC2)CCN(C)C1. The van der Waals surface area contributed by atoms with Gasteiger partial charge in [0, 0.05) is 16.4 Å². The molecular formula is C14H18BrN. The topological polar surface area (TPSA) is 3.24 Å². The van der Waals surface area contributed by atoms with E-state index in [4.69, 9.17) is 0 Å². The molecule has 2 heteroatoms. The molecule has 0 bridgehead atoms. The summed E-state index contributed by atoms with van der Waals surface area (Å²) in [7, 11) is 2.25. The maximum atomic E-state index is 3.71. The van der Waals surface area contributed by atoms with Gasteiger partial charge in [0.25, 0.3) is 0 Å². The van der Waals surface area contributed by atoms with Crippen molar-refractivity contribution in [2.24, 2.45) is 0 Å². The van der Waals surface area contributed by atoms with Gasteiger partial charge in [-0.25, -0.2) is 0 Å². The van der Waals surface area contributed by atoms with Crippen LogP contribution >= 0.6 is 15.9 Å². The van der Waals surface area contributed by atoms with Crippen LogP contribution in [0, 0.1) is 6.92 Å². The molecule has 0 aromatic heterocycles. The second kappa shape index (κ2) is 3.58. The Morgan fingerprint density at radius 1 is 1.31 bits per heavy atom. The molecule has 86 valence electrons. The van der Waals surface area contributed by atoms with Crippen molar-refractivity contribution in [3.8, 4) is 0 Å². The molecule has 2 aliphatic rings. The van der Waals surface area contributed by atoms with Gasteiger partial charge in [-0.15, -0.1) is 0 Å². The van der Waals surface area contributed by atoms with Crippen molar-refractivity contribution in [1.29, 1.82) is 0 Å². The molecule has 1 aromatic rings. The fraction of sp³-hybridized carbons (Fsp3) is 0.571. The Hall–Kier alpha value is -0.340. The van der Waals surface area contributed by atoms with Crippen LogP contribution in [0.2, 0.25) is 0 Å². The van der Waals surface area contributed by atoms with E-state index in [-0.39, 0.29) is 0 Å². The summed E-state index contributed by atoms with van der Waals surface area (Å²) in [5.74, 6) is 0. The number of likely N-dealkylation sites (tertiary alicyclic amines) is 1. The van der Waals surface area contributed by atoms with Gasteiger partial charge in [0.1, 0.15) is 0 Å².